The molecule has 110 valence electrons. The number of fused-ring (bicyclic) bond motifs is 1. The predicted octanol–water partition coefficient (Wildman–Crippen LogP) is 2.91. The van der Waals surface area contributed by atoms with Gasteiger partial charge in [0.05, 0.1) is 16.8 Å². The van der Waals surface area contributed by atoms with E-state index in [0.29, 0.717) is 16.2 Å². The van der Waals surface area contributed by atoms with Gasteiger partial charge in [-0.2, -0.15) is 0 Å². The zero-order valence-corrected chi connectivity index (χ0v) is 12.5. The van der Waals surface area contributed by atoms with Gasteiger partial charge < -0.3 is 5.32 Å². The fourth-order valence-electron chi connectivity index (χ4n) is 2.17. The number of aryl methyl sites for hydroxylation is 1. The van der Waals surface area contributed by atoms with Crippen LogP contribution < -0.4 is 10.9 Å². The Labute approximate surface area is 131 Å². The quantitative estimate of drug-likeness (QED) is 0.791. The minimum Gasteiger partial charge on any atom is -0.316 e. The summed E-state index contributed by atoms with van der Waals surface area (Å²) in [6, 6.07) is 10.3. The van der Waals surface area contributed by atoms with Gasteiger partial charge >= 0.3 is 0 Å². The van der Waals surface area contributed by atoms with E-state index in [0.717, 1.165) is 5.56 Å². The zero-order valence-electron chi connectivity index (χ0n) is 11.7. The van der Waals surface area contributed by atoms with Crippen LogP contribution in [0.4, 0.5) is 5.69 Å². The highest BCUT2D eigenvalue weighted by Crippen LogP contribution is 2.16. The molecule has 0 saturated carbocycles. The van der Waals surface area contributed by atoms with Crippen LogP contribution in [0.25, 0.3) is 5.65 Å². The Hall–Kier alpha value is -2.66. The number of hydrogen-bond donors (Lipinski definition) is 1. The first-order valence-electron chi connectivity index (χ1n) is 6.61. The number of carbonyl (C=O) groups is 1. The fourth-order valence-corrected chi connectivity index (χ4v) is 2.39. The molecule has 0 unspecified atom stereocenters. The van der Waals surface area contributed by atoms with Crippen LogP contribution in [0.3, 0.4) is 0 Å². The number of anilines is 1. The van der Waals surface area contributed by atoms with Gasteiger partial charge in [-0.3, -0.25) is 14.0 Å². The van der Waals surface area contributed by atoms with Crippen LogP contribution in [0.2, 0.25) is 5.02 Å². The topological polar surface area (TPSA) is 63.5 Å². The highest BCUT2D eigenvalue weighted by atomic mass is 35.5. The highest BCUT2D eigenvalue weighted by Gasteiger charge is 2.13. The standard InChI is InChI=1S/C16H12ClN3O2/c1-10-5-4-8-20-14(10)18-9-13(16(20)22)19-15(21)11-6-2-3-7-12(11)17/h2-9H,1H3,(H,19,21). The molecule has 0 spiro atoms. The Kier molecular flexibility index (Phi) is 3.65. The molecule has 1 amide bonds. The van der Waals surface area contributed by atoms with Crippen molar-refractivity contribution in [2.24, 2.45) is 0 Å². The zero-order chi connectivity index (χ0) is 15.7. The van der Waals surface area contributed by atoms with Crippen molar-refractivity contribution in [1.82, 2.24) is 9.38 Å². The molecule has 0 saturated heterocycles. The summed E-state index contributed by atoms with van der Waals surface area (Å²) in [5.41, 5.74) is 1.51. The number of pyridine rings is 1. The molecule has 22 heavy (non-hydrogen) atoms. The van der Waals surface area contributed by atoms with E-state index in [1.54, 1.807) is 36.5 Å². The lowest BCUT2D eigenvalue weighted by Crippen LogP contribution is -2.23. The molecule has 0 aliphatic heterocycles. The number of nitrogens with zero attached hydrogens (tertiary/aromatic N) is 2. The summed E-state index contributed by atoms with van der Waals surface area (Å²) in [6.45, 7) is 1.86. The van der Waals surface area contributed by atoms with E-state index in [9.17, 15) is 9.59 Å². The Bertz CT molecular complexity index is 934. The number of hydrogen-bond acceptors (Lipinski definition) is 3. The fraction of sp³-hybridized carbons (Fsp3) is 0.0625. The molecule has 1 N–H and O–H groups in total. The van der Waals surface area contributed by atoms with E-state index in [4.69, 9.17) is 11.6 Å². The molecular formula is C16H12ClN3O2. The van der Waals surface area contributed by atoms with Crippen molar-refractivity contribution in [3.63, 3.8) is 0 Å². The maximum atomic E-state index is 12.4. The lowest BCUT2D eigenvalue weighted by Gasteiger charge is -2.08. The number of nitrogens with one attached hydrogen (secondary N) is 1. The molecule has 6 heteroatoms. The second-order valence-corrected chi connectivity index (χ2v) is 5.20. The first-order valence-corrected chi connectivity index (χ1v) is 6.98. The van der Waals surface area contributed by atoms with Gasteiger partial charge in [0.15, 0.2) is 0 Å². The van der Waals surface area contributed by atoms with Crippen LogP contribution in [0.1, 0.15) is 15.9 Å². The van der Waals surface area contributed by atoms with Gasteiger partial charge in [0.1, 0.15) is 11.3 Å². The number of aromatic nitrogens is 2. The normalized spacial score (nSPS) is 10.6. The minimum atomic E-state index is -0.447. The van der Waals surface area contributed by atoms with Crippen LogP contribution in [0.15, 0.2) is 53.6 Å². The second kappa shape index (κ2) is 5.61. The molecule has 0 aliphatic carbocycles. The summed E-state index contributed by atoms with van der Waals surface area (Å²) < 4.78 is 1.40. The molecule has 3 aromatic rings. The SMILES string of the molecule is Cc1cccn2c(=O)c(NC(=O)c3ccccc3Cl)cnc12. The van der Waals surface area contributed by atoms with E-state index in [-0.39, 0.29) is 11.2 Å². The highest BCUT2D eigenvalue weighted by molar-refractivity contribution is 6.34. The van der Waals surface area contributed by atoms with E-state index in [2.05, 4.69) is 10.3 Å². The maximum absolute atomic E-state index is 12.4. The van der Waals surface area contributed by atoms with Gasteiger partial charge in [0.2, 0.25) is 0 Å². The van der Waals surface area contributed by atoms with Crippen LogP contribution >= 0.6 is 11.6 Å². The number of halogens is 1. The molecule has 0 radical (unpaired) electrons. The lowest BCUT2D eigenvalue weighted by atomic mass is 10.2. The number of carbonyl (C=O) groups excluding carboxylic acids is 1. The van der Waals surface area contributed by atoms with Gasteiger partial charge in [-0.25, -0.2) is 4.98 Å². The molecule has 2 heterocycles. The van der Waals surface area contributed by atoms with Gasteiger partial charge in [-0.15, -0.1) is 0 Å². The van der Waals surface area contributed by atoms with E-state index in [1.165, 1.54) is 10.6 Å². The summed E-state index contributed by atoms with van der Waals surface area (Å²) in [7, 11) is 0. The van der Waals surface area contributed by atoms with Crippen molar-refractivity contribution < 1.29 is 4.79 Å². The Morgan fingerprint density at radius 1 is 1.23 bits per heavy atom. The van der Waals surface area contributed by atoms with Gasteiger partial charge in [-0.05, 0) is 30.7 Å². The van der Waals surface area contributed by atoms with Crippen LogP contribution in [0, 0.1) is 6.92 Å². The maximum Gasteiger partial charge on any atom is 0.281 e. The van der Waals surface area contributed by atoms with Crippen molar-refractivity contribution in [2.45, 2.75) is 6.92 Å². The van der Waals surface area contributed by atoms with Gasteiger partial charge in [-0.1, -0.05) is 29.8 Å². The average molecular weight is 314 g/mol. The van der Waals surface area contributed by atoms with Crippen molar-refractivity contribution in [2.75, 3.05) is 5.32 Å². The summed E-state index contributed by atoms with van der Waals surface area (Å²) in [4.78, 5) is 28.9. The van der Waals surface area contributed by atoms with Crippen molar-refractivity contribution >= 4 is 28.8 Å². The third kappa shape index (κ3) is 2.46. The van der Waals surface area contributed by atoms with E-state index < -0.39 is 5.91 Å². The van der Waals surface area contributed by atoms with Crippen LogP contribution in [-0.2, 0) is 0 Å². The average Bonchev–Trinajstić information content (AvgIpc) is 2.51. The Morgan fingerprint density at radius 3 is 2.77 bits per heavy atom. The summed E-state index contributed by atoms with van der Waals surface area (Å²) in [5.74, 6) is -0.447. The largest absolute Gasteiger partial charge is 0.316 e. The Morgan fingerprint density at radius 2 is 2.00 bits per heavy atom. The van der Waals surface area contributed by atoms with Gasteiger partial charge in [0, 0.05) is 6.20 Å². The summed E-state index contributed by atoms with van der Waals surface area (Å²) in [5, 5.41) is 2.88. The van der Waals surface area contributed by atoms with Crippen molar-refractivity contribution in [3.05, 3.63) is 75.3 Å². The second-order valence-electron chi connectivity index (χ2n) is 4.80. The van der Waals surface area contributed by atoms with Crippen LogP contribution in [-0.4, -0.2) is 15.3 Å². The first kappa shape index (κ1) is 14.3. The third-order valence-corrected chi connectivity index (χ3v) is 3.62. The van der Waals surface area contributed by atoms with E-state index >= 15 is 0 Å². The Balaban J connectivity index is 2.02. The smallest absolute Gasteiger partial charge is 0.281 e. The summed E-state index contributed by atoms with van der Waals surface area (Å²) >= 11 is 5.98. The van der Waals surface area contributed by atoms with Crippen LogP contribution in [0.5, 0.6) is 0 Å². The molecular weight excluding hydrogens is 302 g/mol. The predicted molar refractivity (Wildman–Crippen MR) is 85.6 cm³/mol. The molecule has 0 aliphatic rings. The van der Waals surface area contributed by atoms with Crippen molar-refractivity contribution in [3.8, 4) is 0 Å². The molecule has 2 aromatic heterocycles. The molecule has 0 fully saturated rings. The minimum absolute atomic E-state index is 0.105. The number of benzene rings is 1. The summed E-state index contributed by atoms with van der Waals surface area (Å²) in [6.07, 6.45) is 2.97. The third-order valence-electron chi connectivity index (χ3n) is 3.29. The van der Waals surface area contributed by atoms with Crippen molar-refractivity contribution in [1.29, 1.82) is 0 Å². The number of amides is 1. The molecule has 0 bridgehead atoms. The molecule has 1 aromatic carbocycles. The molecule has 5 nitrogen and oxygen atoms in total. The lowest BCUT2D eigenvalue weighted by molar-refractivity contribution is 0.102. The molecule has 0 atom stereocenters. The monoisotopic (exact) mass is 313 g/mol. The van der Waals surface area contributed by atoms with Gasteiger partial charge in [0.25, 0.3) is 11.5 Å². The molecule has 3 rings (SSSR count). The number of rotatable bonds is 2. The first-order chi connectivity index (χ1) is 10.6. The van der Waals surface area contributed by atoms with E-state index in [1.807, 2.05) is 13.0 Å².